The van der Waals surface area contributed by atoms with Crippen molar-refractivity contribution >= 4 is 151 Å². The molecule has 0 radical (unpaired) electrons. The van der Waals surface area contributed by atoms with Gasteiger partial charge in [-0.2, -0.15) is 19.9 Å². The van der Waals surface area contributed by atoms with E-state index in [4.69, 9.17) is 56.6 Å². The predicted octanol–water partition coefficient (Wildman–Crippen LogP) is 32.8. The Morgan fingerprint density at radius 3 is 1.17 bits per heavy atom. The molecule has 10 nitrogen and oxygen atoms in total. The standard InChI is InChI=1S/C63H38N4OS.C57H34N4OS/c1-5-16-39(17-6-1)43-28-30-49-53(37-43)67(52-32-33-57-60(59(49)52)51-24-13-14-27-56(51)69-57)63-65-61(44-29-31-50-55(38-44)68-54-26-15-25-48(58(50)54)42-22-11-4-12-23-42)64-62(66-63)47-35-45(40-18-7-2-8-19-40)34-46(36-47)41-20-9-3-10-21-41;1-4-13-35(14-5-1)37-23-25-39(26-24-37)55-58-56(41-28-30-44-49(34-41)62-48-21-12-20-42(52(44)48)38-17-8-3-9-18-38)60-57(59-55)61-46-31-32-51-54(45-19-10-11-22-50(45)63-51)53(46)43-29-27-40(33-47(43)61)36-15-6-2-7-16-36/h1-38H;1-34H/i4D,11D,12D,22D,23D;3D,8D,9D,12D,17D,18D,20D,21D,28D,30D,34D. The maximum absolute atomic E-state index is 9.84. The van der Waals surface area contributed by atoms with Crippen LogP contribution in [-0.2, 0) is 0 Å². The minimum atomic E-state index is -0.692. The molecule has 0 saturated carbocycles. The van der Waals surface area contributed by atoms with Gasteiger partial charge < -0.3 is 8.83 Å². The number of furan rings is 2. The quantitative estimate of drug-likeness (QED) is 0.112. The van der Waals surface area contributed by atoms with Gasteiger partial charge in [-0.1, -0.05) is 333 Å². The third kappa shape index (κ3) is 13.1. The minimum Gasteiger partial charge on any atom is -0.456 e. The Labute approximate surface area is 787 Å². The van der Waals surface area contributed by atoms with Gasteiger partial charge in [-0.3, -0.25) is 9.13 Å². The smallest absolute Gasteiger partial charge is 0.238 e. The van der Waals surface area contributed by atoms with E-state index >= 15 is 0 Å². The molecule has 19 aromatic carbocycles. The van der Waals surface area contributed by atoms with Gasteiger partial charge in [-0.15, -0.1) is 22.7 Å². The predicted molar refractivity (Wildman–Crippen MR) is 548 cm³/mol. The van der Waals surface area contributed by atoms with E-state index in [1.807, 2.05) is 174 Å². The van der Waals surface area contributed by atoms with E-state index in [1.54, 1.807) is 34.8 Å². The second-order valence-electron chi connectivity index (χ2n) is 32.3. The normalized spacial score (nSPS) is 13.5. The lowest BCUT2D eigenvalue weighted by atomic mass is 9.96. The fraction of sp³-hybridized carbons (Fsp3) is 0. The van der Waals surface area contributed by atoms with Crippen LogP contribution in [0.2, 0.25) is 0 Å². The molecule has 12 heteroatoms. The summed E-state index contributed by atoms with van der Waals surface area (Å²) in [7, 11) is 0. The van der Waals surface area contributed by atoms with Crippen molar-refractivity contribution in [3.05, 3.63) is 436 Å². The first kappa shape index (κ1) is 61.3. The van der Waals surface area contributed by atoms with Gasteiger partial charge in [0.15, 0.2) is 23.3 Å². The minimum absolute atomic E-state index is 0.113. The molecular formula is C120H72N8O2S2. The molecule has 27 rings (SSSR count). The van der Waals surface area contributed by atoms with Crippen LogP contribution in [-0.4, -0.2) is 39.0 Å². The lowest BCUT2D eigenvalue weighted by molar-refractivity contribution is 0.668. The Morgan fingerprint density at radius 2 is 0.629 bits per heavy atom. The van der Waals surface area contributed by atoms with E-state index in [1.165, 1.54) is 20.2 Å². The lowest BCUT2D eigenvalue weighted by Gasteiger charge is -2.14. The Balaban J connectivity index is 0.000000150. The summed E-state index contributed by atoms with van der Waals surface area (Å²) in [5.41, 5.74) is 15.7. The van der Waals surface area contributed by atoms with Crippen LogP contribution < -0.4 is 0 Å². The lowest BCUT2D eigenvalue weighted by Crippen LogP contribution is -2.06. The molecular weight excluding hydrogens is 1650 g/mol. The first-order valence-corrected chi connectivity index (χ1v) is 44.6. The summed E-state index contributed by atoms with van der Waals surface area (Å²) in [6, 6.07) is 106. The van der Waals surface area contributed by atoms with Crippen molar-refractivity contribution in [2.24, 2.45) is 0 Å². The van der Waals surface area contributed by atoms with Gasteiger partial charge in [0.2, 0.25) is 11.9 Å². The van der Waals surface area contributed by atoms with E-state index in [0.29, 0.717) is 56.2 Å². The molecule has 0 amide bonds. The molecule has 27 aromatic rings. The highest BCUT2D eigenvalue weighted by atomic mass is 32.1. The van der Waals surface area contributed by atoms with Crippen LogP contribution in [0.25, 0.3) is 263 Å². The first-order valence-electron chi connectivity index (χ1n) is 50.9. The number of thiophene rings is 2. The van der Waals surface area contributed by atoms with Crippen LogP contribution >= 0.6 is 22.7 Å². The summed E-state index contributed by atoms with van der Waals surface area (Å²) in [5.74, 6) is 1.55. The van der Waals surface area contributed by atoms with Gasteiger partial charge in [0, 0.05) is 106 Å². The van der Waals surface area contributed by atoms with Crippen molar-refractivity contribution in [1.82, 2.24) is 39.0 Å². The number of benzene rings is 19. The Hall–Kier alpha value is -17.2. The van der Waals surface area contributed by atoms with Crippen molar-refractivity contribution in [3.8, 4) is 135 Å². The van der Waals surface area contributed by atoms with Gasteiger partial charge in [-0.25, -0.2) is 9.97 Å². The number of fused-ring (bicyclic) bond motifs is 20. The number of rotatable bonds is 13. The van der Waals surface area contributed by atoms with E-state index < -0.39 is 90.2 Å². The van der Waals surface area contributed by atoms with E-state index in [0.717, 1.165) is 125 Å². The molecule has 0 aliphatic heterocycles. The molecule has 8 heterocycles. The highest BCUT2D eigenvalue weighted by Gasteiger charge is 2.27. The summed E-state index contributed by atoms with van der Waals surface area (Å²) >= 11 is 3.50. The molecule has 0 saturated heterocycles. The van der Waals surface area contributed by atoms with Gasteiger partial charge >= 0.3 is 0 Å². The highest BCUT2D eigenvalue weighted by Crippen LogP contribution is 2.49. The average molecular weight is 1740 g/mol. The molecule has 0 N–H and O–H groups in total. The fourth-order valence-electron chi connectivity index (χ4n) is 18.6. The van der Waals surface area contributed by atoms with E-state index in [-0.39, 0.29) is 68.3 Å². The zero-order valence-electron chi connectivity index (χ0n) is 85.5. The number of aromatic nitrogens is 8. The van der Waals surface area contributed by atoms with Gasteiger partial charge in [0.05, 0.1) is 44.0 Å². The molecule has 0 bridgehead atoms. The molecule has 0 fully saturated rings. The second-order valence-corrected chi connectivity index (χ2v) is 34.4. The zero-order valence-corrected chi connectivity index (χ0v) is 71.2. The topological polar surface area (TPSA) is 113 Å². The third-order valence-corrected chi connectivity index (χ3v) is 26.9. The molecule has 0 atom stereocenters. The zero-order chi connectivity index (χ0) is 101. The highest BCUT2D eigenvalue weighted by molar-refractivity contribution is 7.26. The van der Waals surface area contributed by atoms with Crippen LogP contribution in [0.3, 0.4) is 0 Å². The van der Waals surface area contributed by atoms with Crippen molar-refractivity contribution < 1.29 is 30.8 Å². The van der Waals surface area contributed by atoms with Crippen molar-refractivity contribution in [1.29, 1.82) is 0 Å². The Bertz CT molecular complexity index is 10200. The number of nitrogens with zero attached hydrogens (tertiary/aromatic N) is 8. The third-order valence-electron chi connectivity index (χ3n) is 24.6. The molecule has 0 aliphatic carbocycles. The molecule has 0 unspecified atom stereocenters. The Morgan fingerprint density at radius 1 is 0.205 bits per heavy atom. The molecule has 8 aromatic heterocycles. The van der Waals surface area contributed by atoms with Gasteiger partial charge in [0.1, 0.15) is 22.3 Å². The SMILES string of the molecule is [2H]c1c([2H])c([2H])c(-c2c([2H])c([2H])c([2H])c3oc4c([2H])c(-c5nc(-c6ccc(-c7ccccc7)cc6)nc(-n6c7cc(-c8ccccc8)ccc7c7c8c(ccc76)sc6ccccc68)n5)c([2H])c([2H])c4c23)c([2H])c1[2H].[2H]c1c([2H])c([2H])c(-c2cccc3oc4cc(-c5nc(-c6cc(-c7ccccc7)cc(-c7ccccc7)c6)nc(-n6c7cc(-c8ccccc8)ccc7c7c8c(ccc76)sc6ccccc68)n5)ccc4c23)c([2H])c1[2H]. The van der Waals surface area contributed by atoms with Crippen LogP contribution in [0.15, 0.2) is 445 Å². The van der Waals surface area contributed by atoms with Crippen LogP contribution in [0.1, 0.15) is 21.9 Å². The second kappa shape index (κ2) is 31.4. The van der Waals surface area contributed by atoms with Gasteiger partial charge in [-0.05, 0) is 181 Å². The van der Waals surface area contributed by atoms with Gasteiger partial charge in [0.25, 0.3) is 0 Å². The van der Waals surface area contributed by atoms with Crippen molar-refractivity contribution in [2.45, 2.75) is 0 Å². The first-order chi connectivity index (χ1) is 72.0. The van der Waals surface area contributed by atoms with Crippen LogP contribution in [0.4, 0.5) is 0 Å². The molecule has 0 spiro atoms. The van der Waals surface area contributed by atoms with Crippen molar-refractivity contribution in [3.63, 3.8) is 0 Å². The van der Waals surface area contributed by atoms with Crippen LogP contribution in [0, 0.1) is 0 Å². The van der Waals surface area contributed by atoms with Crippen molar-refractivity contribution in [2.75, 3.05) is 0 Å². The maximum atomic E-state index is 9.84. The summed E-state index contributed by atoms with van der Waals surface area (Å²) in [6.45, 7) is 0. The average Bonchev–Trinajstić information content (AvgIpc) is 1.55. The fourth-order valence-corrected chi connectivity index (χ4v) is 20.8. The molecule has 616 valence electrons. The summed E-state index contributed by atoms with van der Waals surface area (Å²) in [6.07, 6.45) is 0. The largest absolute Gasteiger partial charge is 0.456 e. The number of hydrogen-bond acceptors (Lipinski definition) is 10. The number of hydrogen-bond donors (Lipinski definition) is 0. The summed E-state index contributed by atoms with van der Waals surface area (Å²) < 4.78 is 163. The monoisotopic (exact) mass is 1740 g/mol. The van der Waals surface area contributed by atoms with Crippen LogP contribution in [0.5, 0.6) is 0 Å². The van der Waals surface area contributed by atoms with E-state index in [9.17, 15) is 4.11 Å². The Kier molecular flexibility index (Phi) is 14.6. The maximum Gasteiger partial charge on any atom is 0.238 e. The van der Waals surface area contributed by atoms with E-state index in [2.05, 4.69) is 162 Å². The molecule has 0 aliphatic rings. The molecule has 132 heavy (non-hydrogen) atoms. The summed E-state index contributed by atoms with van der Waals surface area (Å²) in [4.78, 5) is 31.6. The summed E-state index contributed by atoms with van der Waals surface area (Å²) in [5, 5.41) is 9.61.